The third-order valence-corrected chi connectivity index (χ3v) is 5.19. The number of hydrazone groups is 1. The van der Waals surface area contributed by atoms with Crippen LogP contribution in [0.25, 0.3) is 0 Å². The molecule has 0 aromatic heterocycles. The number of carbonyl (C=O) groups is 3. The van der Waals surface area contributed by atoms with Crippen LogP contribution in [-0.4, -0.2) is 50.9 Å². The van der Waals surface area contributed by atoms with Crippen molar-refractivity contribution in [3.63, 3.8) is 0 Å². The highest BCUT2D eigenvalue weighted by Crippen LogP contribution is 2.28. The van der Waals surface area contributed by atoms with E-state index in [9.17, 15) is 14.4 Å². The van der Waals surface area contributed by atoms with E-state index in [1.165, 1.54) is 13.3 Å². The number of esters is 1. The number of ether oxygens (including phenoxy) is 4. The lowest BCUT2D eigenvalue weighted by molar-refractivity contribution is -0.120. The van der Waals surface area contributed by atoms with Gasteiger partial charge in [-0.1, -0.05) is 6.92 Å². The largest absolute Gasteiger partial charge is 0.494 e. The molecule has 2 N–H and O–H groups in total. The Hall–Kier alpha value is -4.86. The smallest absolute Gasteiger partial charge is 0.343 e. The zero-order valence-electron chi connectivity index (χ0n) is 22.1. The molecule has 0 radical (unpaired) electrons. The van der Waals surface area contributed by atoms with Crippen LogP contribution in [0.5, 0.6) is 23.0 Å². The quantitative estimate of drug-likeness (QED) is 0.147. The van der Waals surface area contributed by atoms with Crippen molar-refractivity contribution in [1.29, 1.82) is 0 Å². The molecule has 0 saturated carbocycles. The normalized spacial score (nSPS) is 10.5. The Labute approximate surface area is 226 Å². The van der Waals surface area contributed by atoms with E-state index < -0.39 is 17.8 Å². The monoisotopic (exact) mass is 533 g/mol. The van der Waals surface area contributed by atoms with E-state index in [2.05, 4.69) is 15.8 Å². The number of nitrogens with one attached hydrogen (secondary N) is 2. The molecule has 2 amide bonds. The number of methoxy groups -OCH3 is 1. The Bertz CT molecular complexity index is 1290. The fourth-order valence-electron chi connectivity index (χ4n) is 3.26. The first kappa shape index (κ1) is 28.7. The molecular weight excluding hydrogens is 502 g/mol. The van der Waals surface area contributed by atoms with Crippen LogP contribution in [-0.2, 0) is 4.79 Å². The van der Waals surface area contributed by atoms with E-state index in [4.69, 9.17) is 18.9 Å². The summed E-state index contributed by atoms with van der Waals surface area (Å²) in [6.07, 6.45) is 2.29. The van der Waals surface area contributed by atoms with Gasteiger partial charge in [0.2, 0.25) is 0 Å². The molecule has 3 aromatic rings. The van der Waals surface area contributed by atoms with Gasteiger partial charge >= 0.3 is 5.97 Å². The molecule has 3 rings (SSSR count). The van der Waals surface area contributed by atoms with Gasteiger partial charge in [-0.05, 0) is 85.6 Å². The van der Waals surface area contributed by atoms with Crippen LogP contribution in [0.2, 0.25) is 0 Å². The molecule has 0 spiro atoms. The lowest BCUT2D eigenvalue weighted by Gasteiger charge is -2.10. The van der Waals surface area contributed by atoms with Crippen molar-refractivity contribution in [2.75, 3.05) is 26.9 Å². The molecule has 39 heavy (non-hydrogen) atoms. The molecule has 10 nitrogen and oxygen atoms in total. The van der Waals surface area contributed by atoms with Gasteiger partial charge in [0.1, 0.15) is 11.5 Å². The van der Waals surface area contributed by atoms with Gasteiger partial charge in [0, 0.05) is 5.56 Å². The molecule has 0 atom stereocenters. The van der Waals surface area contributed by atoms with Gasteiger partial charge < -0.3 is 24.3 Å². The number of hydrogen-bond acceptors (Lipinski definition) is 8. The fourth-order valence-corrected chi connectivity index (χ4v) is 3.26. The molecule has 0 aliphatic rings. The number of rotatable bonds is 13. The zero-order chi connectivity index (χ0) is 28.0. The van der Waals surface area contributed by atoms with Crippen LogP contribution in [0.4, 0.5) is 0 Å². The van der Waals surface area contributed by atoms with Gasteiger partial charge in [0.25, 0.3) is 11.8 Å². The molecule has 0 saturated heterocycles. The molecule has 0 unspecified atom stereocenters. The first-order valence-electron chi connectivity index (χ1n) is 12.4. The molecule has 3 aromatic carbocycles. The summed E-state index contributed by atoms with van der Waals surface area (Å²) in [7, 11) is 1.45. The Morgan fingerprint density at radius 2 is 1.51 bits per heavy atom. The molecule has 0 aliphatic heterocycles. The van der Waals surface area contributed by atoms with Crippen molar-refractivity contribution in [1.82, 2.24) is 10.7 Å². The van der Waals surface area contributed by atoms with E-state index in [0.29, 0.717) is 47.2 Å². The number of benzene rings is 3. The molecule has 0 fully saturated rings. The zero-order valence-corrected chi connectivity index (χ0v) is 22.1. The van der Waals surface area contributed by atoms with Crippen molar-refractivity contribution >= 4 is 24.0 Å². The molecular formula is C29H31N3O7. The Balaban J connectivity index is 1.49. The van der Waals surface area contributed by atoms with Gasteiger partial charge in [-0.15, -0.1) is 0 Å². The number of carbonyl (C=O) groups excluding carboxylic acids is 3. The summed E-state index contributed by atoms with van der Waals surface area (Å²) in [4.78, 5) is 36.8. The summed E-state index contributed by atoms with van der Waals surface area (Å²) in [5.41, 5.74) is 3.70. The third-order valence-electron chi connectivity index (χ3n) is 5.19. The molecule has 10 heteroatoms. The van der Waals surface area contributed by atoms with Gasteiger partial charge in [0.15, 0.2) is 11.5 Å². The summed E-state index contributed by atoms with van der Waals surface area (Å²) in [6.45, 7) is 4.76. The van der Waals surface area contributed by atoms with E-state index in [1.807, 2.05) is 13.8 Å². The van der Waals surface area contributed by atoms with Crippen LogP contribution < -0.4 is 29.7 Å². The maximum atomic E-state index is 12.5. The Morgan fingerprint density at radius 3 is 2.15 bits per heavy atom. The van der Waals surface area contributed by atoms with Gasteiger partial charge in [0.05, 0.1) is 38.6 Å². The molecule has 204 valence electrons. The van der Waals surface area contributed by atoms with Crippen LogP contribution in [0.1, 0.15) is 46.5 Å². The van der Waals surface area contributed by atoms with Gasteiger partial charge in [-0.3, -0.25) is 9.59 Å². The maximum absolute atomic E-state index is 12.5. The predicted octanol–water partition coefficient (Wildman–Crippen LogP) is 3.98. The average molecular weight is 534 g/mol. The molecule has 0 heterocycles. The van der Waals surface area contributed by atoms with Crippen molar-refractivity contribution < 1.29 is 33.3 Å². The number of nitrogens with zero attached hydrogens (tertiary/aromatic N) is 1. The Morgan fingerprint density at radius 1 is 0.846 bits per heavy atom. The van der Waals surface area contributed by atoms with Crippen molar-refractivity contribution in [3.8, 4) is 23.0 Å². The van der Waals surface area contributed by atoms with Crippen molar-refractivity contribution in [3.05, 3.63) is 83.4 Å². The Kier molecular flexibility index (Phi) is 10.9. The topological polar surface area (TPSA) is 125 Å². The van der Waals surface area contributed by atoms with Crippen LogP contribution in [0.15, 0.2) is 71.8 Å². The second kappa shape index (κ2) is 14.8. The fraction of sp³-hybridized carbons (Fsp3) is 0.241. The van der Waals surface area contributed by atoms with Gasteiger partial charge in [-0.2, -0.15) is 5.10 Å². The number of hydrogen-bond donors (Lipinski definition) is 2. The van der Waals surface area contributed by atoms with Gasteiger partial charge in [-0.25, -0.2) is 10.2 Å². The second-order valence-electron chi connectivity index (χ2n) is 8.11. The van der Waals surface area contributed by atoms with E-state index in [0.717, 1.165) is 6.42 Å². The minimum atomic E-state index is -0.548. The summed E-state index contributed by atoms with van der Waals surface area (Å²) in [6, 6.07) is 18.1. The number of amides is 2. The van der Waals surface area contributed by atoms with E-state index >= 15 is 0 Å². The lowest BCUT2D eigenvalue weighted by atomic mass is 10.2. The summed E-state index contributed by atoms with van der Waals surface area (Å²) in [5.74, 6) is 0.427. The van der Waals surface area contributed by atoms with Crippen LogP contribution in [0.3, 0.4) is 0 Å². The van der Waals surface area contributed by atoms with E-state index in [-0.39, 0.29) is 12.3 Å². The first-order chi connectivity index (χ1) is 18.9. The van der Waals surface area contributed by atoms with Crippen LogP contribution >= 0.6 is 0 Å². The molecule has 0 aliphatic carbocycles. The average Bonchev–Trinajstić information content (AvgIpc) is 2.96. The second-order valence-corrected chi connectivity index (χ2v) is 8.11. The first-order valence-corrected chi connectivity index (χ1v) is 12.4. The summed E-state index contributed by atoms with van der Waals surface area (Å²) >= 11 is 0. The summed E-state index contributed by atoms with van der Waals surface area (Å²) < 4.78 is 21.7. The highest BCUT2D eigenvalue weighted by atomic mass is 16.6. The minimum absolute atomic E-state index is 0.227. The standard InChI is InChI=1S/C29H31N3O7/c1-4-16-38-24-11-7-21(8-12-24)28(34)30-19-27(33)32-31-18-20-6-15-25(26(17-20)36-3)39-29(35)22-9-13-23(14-10-22)37-5-2/h6-15,17-18H,4-5,16,19H2,1-3H3,(H,30,34)(H,32,33)/b31-18+. The van der Waals surface area contributed by atoms with E-state index in [1.54, 1.807) is 66.7 Å². The minimum Gasteiger partial charge on any atom is -0.494 e. The van der Waals surface area contributed by atoms with Crippen molar-refractivity contribution in [2.45, 2.75) is 20.3 Å². The third kappa shape index (κ3) is 8.89. The summed E-state index contributed by atoms with van der Waals surface area (Å²) in [5, 5.41) is 6.44. The van der Waals surface area contributed by atoms with Crippen LogP contribution in [0, 0.1) is 0 Å². The SMILES string of the molecule is CCCOc1ccc(C(=O)NCC(=O)N/N=C/c2ccc(OC(=O)c3ccc(OCC)cc3)c(OC)c2)cc1. The predicted molar refractivity (Wildman–Crippen MR) is 146 cm³/mol. The highest BCUT2D eigenvalue weighted by molar-refractivity contribution is 5.96. The lowest BCUT2D eigenvalue weighted by Crippen LogP contribution is -2.34. The van der Waals surface area contributed by atoms with Crippen molar-refractivity contribution in [2.24, 2.45) is 5.10 Å². The maximum Gasteiger partial charge on any atom is 0.343 e. The molecule has 0 bridgehead atoms. The highest BCUT2D eigenvalue weighted by Gasteiger charge is 2.13.